The molecular weight excluding hydrogens is 386 g/mol. The minimum Gasteiger partial charge on any atom is -0.342 e. The molecule has 3 heteroatoms. The van der Waals surface area contributed by atoms with Crippen molar-refractivity contribution in [2.75, 3.05) is 13.1 Å². The van der Waals surface area contributed by atoms with Gasteiger partial charge >= 0.3 is 0 Å². The second-order valence-corrected chi connectivity index (χ2v) is 12.7. The van der Waals surface area contributed by atoms with Crippen LogP contribution in [0.4, 0.5) is 0 Å². The van der Waals surface area contributed by atoms with E-state index in [-0.39, 0.29) is 0 Å². The molecule has 2 unspecified atom stereocenters. The zero-order valence-electron chi connectivity index (χ0n) is 19.1. The second kappa shape index (κ2) is 9.20. The van der Waals surface area contributed by atoms with Gasteiger partial charge in [-0.3, -0.25) is 4.79 Å². The third kappa shape index (κ3) is 4.81. The molecule has 0 aromatic carbocycles. The minimum atomic E-state index is 0.426. The number of likely N-dealkylation sites (tertiary alicyclic amines) is 1. The van der Waals surface area contributed by atoms with Gasteiger partial charge in [-0.1, -0.05) is 37.9 Å². The van der Waals surface area contributed by atoms with Crippen LogP contribution in [0.5, 0.6) is 0 Å². The number of unbranched alkanes of at least 4 members (excludes halogenated alkanes) is 2. The lowest BCUT2D eigenvalue weighted by Gasteiger charge is -2.57. The molecule has 5 aliphatic carbocycles. The topological polar surface area (TPSA) is 20.3 Å². The maximum absolute atomic E-state index is 12.7. The van der Waals surface area contributed by atoms with E-state index < -0.39 is 0 Å². The number of nitrogens with zero attached hydrogens (tertiary/aromatic N) is 1. The van der Waals surface area contributed by atoms with Gasteiger partial charge in [0, 0.05) is 19.5 Å². The molecule has 2 nitrogen and oxygen atoms in total. The summed E-state index contributed by atoms with van der Waals surface area (Å²) < 4.78 is 0. The molecule has 0 radical (unpaired) electrons. The van der Waals surface area contributed by atoms with Crippen molar-refractivity contribution in [2.45, 2.75) is 109 Å². The van der Waals surface area contributed by atoms with E-state index in [0.29, 0.717) is 11.3 Å². The number of amides is 1. The van der Waals surface area contributed by atoms with Crippen molar-refractivity contribution < 1.29 is 4.79 Å². The van der Waals surface area contributed by atoms with E-state index in [1.807, 2.05) is 0 Å². The average molecular weight is 430 g/mol. The van der Waals surface area contributed by atoms with Crippen LogP contribution in [0.1, 0.15) is 109 Å². The minimum absolute atomic E-state index is 0.426. The van der Waals surface area contributed by atoms with E-state index in [0.717, 1.165) is 61.9 Å². The van der Waals surface area contributed by atoms with Gasteiger partial charge in [0.15, 0.2) is 0 Å². The summed E-state index contributed by atoms with van der Waals surface area (Å²) in [5.74, 6) is 5.24. The van der Waals surface area contributed by atoms with Crippen LogP contribution in [0, 0.1) is 35.0 Å². The number of thiocarbonyl (C=S) groups is 1. The van der Waals surface area contributed by atoms with Crippen LogP contribution in [0.25, 0.3) is 0 Å². The van der Waals surface area contributed by atoms with E-state index in [1.165, 1.54) is 94.8 Å². The third-order valence-electron chi connectivity index (χ3n) is 9.73. The highest BCUT2D eigenvalue weighted by atomic mass is 32.1. The van der Waals surface area contributed by atoms with Gasteiger partial charge < -0.3 is 4.90 Å². The number of hydrogen-bond donors (Lipinski definition) is 0. The van der Waals surface area contributed by atoms with Crippen molar-refractivity contribution in [3.63, 3.8) is 0 Å². The second-order valence-electron chi connectivity index (χ2n) is 12.1. The van der Waals surface area contributed by atoms with Crippen LogP contribution in [-0.2, 0) is 4.79 Å². The Balaban J connectivity index is 0.978. The molecule has 6 aliphatic rings. The largest absolute Gasteiger partial charge is 0.342 e. The highest BCUT2D eigenvalue weighted by Crippen LogP contribution is 2.61. The van der Waals surface area contributed by atoms with Gasteiger partial charge in [0.25, 0.3) is 0 Å². The molecule has 5 saturated carbocycles. The molecule has 0 aromatic heterocycles. The monoisotopic (exact) mass is 429 g/mol. The Morgan fingerprint density at radius 2 is 1.47 bits per heavy atom. The van der Waals surface area contributed by atoms with Gasteiger partial charge in [0.2, 0.25) is 5.91 Å². The molecular formula is C27H43NOS. The number of fused-ring (bicyclic) bond motifs is 1. The molecule has 0 aromatic rings. The number of carbonyl (C=O) groups excluding carboxylic acids is 1. The zero-order chi connectivity index (χ0) is 20.6. The molecule has 1 amide bonds. The predicted octanol–water partition coefficient (Wildman–Crippen LogP) is 6.95. The summed E-state index contributed by atoms with van der Waals surface area (Å²) in [5.41, 5.74) is 0.604. The summed E-state index contributed by atoms with van der Waals surface area (Å²) >= 11 is 5.87. The van der Waals surface area contributed by atoms with Crippen molar-refractivity contribution in [1.82, 2.24) is 4.90 Å². The van der Waals surface area contributed by atoms with E-state index >= 15 is 0 Å². The number of piperidine rings is 1. The van der Waals surface area contributed by atoms with Gasteiger partial charge in [-0.2, -0.15) is 0 Å². The Kier molecular flexibility index (Phi) is 6.56. The maximum atomic E-state index is 12.7. The summed E-state index contributed by atoms with van der Waals surface area (Å²) in [5, 5.41) is 0. The SMILES string of the molecule is O=C(CCCCCC(=S)CC12CC3CC(CC(C3)C1)C2)N1CCC2CCCCC2C1. The van der Waals surface area contributed by atoms with E-state index in [1.54, 1.807) is 0 Å². The Morgan fingerprint density at radius 3 is 2.17 bits per heavy atom. The van der Waals surface area contributed by atoms with E-state index in [2.05, 4.69) is 4.90 Å². The maximum Gasteiger partial charge on any atom is 0.222 e. The van der Waals surface area contributed by atoms with Crippen LogP contribution in [0.15, 0.2) is 0 Å². The van der Waals surface area contributed by atoms with Crippen molar-refractivity contribution in [3.05, 3.63) is 0 Å². The predicted molar refractivity (Wildman–Crippen MR) is 128 cm³/mol. The quantitative estimate of drug-likeness (QED) is 0.307. The highest BCUT2D eigenvalue weighted by molar-refractivity contribution is 7.80. The third-order valence-corrected chi connectivity index (χ3v) is 10.1. The molecule has 1 aliphatic heterocycles. The average Bonchev–Trinajstić information content (AvgIpc) is 2.71. The normalized spacial score (nSPS) is 39.7. The lowest BCUT2D eigenvalue weighted by atomic mass is 9.48. The molecule has 1 heterocycles. The van der Waals surface area contributed by atoms with Crippen LogP contribution >= 0.6 is 12.2 Å². The zero-order valence-corrected chi connectivity index (χ0v) is 19.9. The fourth-order valence-electron chi connectivity index (χ4n) is 8.77. The summed E-state index contributed by atoms with van der Waals surface area (Å²) in [6.45, 7) is 2.08. The van der Waals surface area contributed by atoms with Crippen LogP contribution in [0.2, 0.25) is 0 Å². The molecule has 0 N–H and O–H groups in total. The summed E-state index contributed by atoms with van der Waals surface area (Å²) in [6.07, 6.45) is 22.4. The first kappa shape index (κ1) is 21.4. The Hall–Kier alpha value is -0.440. The molecule has 2 atom stereocenters. The number of hydrogen-bond acceptors (Lipinski definition) is 2. The first-order valence-electron chi connectivity index (χ1n) is 13.4. The van der Waals surface area contributed by atoms with Crippen molar-refractivity contribution in [1.29, 1.82) is 0 Å². The molecule has 30 heavy (non-hydrogen) atoms. The van der Waals surface area contributed by atoms with Crippen molar-refractivity contribution in [3.8, 4) is 0 Å². The Labute approximate surface area is 189 Å². The Morgan fingerprint density at radius 1 is 0.833 bits per heavy atom. The molecule has 0 spiro atoms. The van der Waals surface area contributed by atoms with Crippen LogP contribution < -0.4 is 0 Å². The van der Waals surface area contributed by atoms with E-state index in [9.17, 15) is 4.79 Å². The number of carbonyl (C=O) groups is 1. The summed E-state index contributed by atoms with van der Waals surface area (Å²) in [7, 11) is 0. The first-order chi connectivity index (χ1) is 14.6. The van der Waals surface area contributed by atoms with E-state index in [4.69, 9.17) is 12.2 Å². The molecule has 1 saturated heterocycles. The lowest BCUT2D eigenvalue weighted by molar-refractivity contribution is -0.134. The van der Waals surface area contributed by atoms with Crippen LogP contribution in [-0.4, -0.2) is 28.8 Å². The van der Waals surface area contributed by atoms with Gasteiger partial charge in [0.1, 0.15) is 0 Å². The lowest BCUT2D eigenvalue weighted by Crippen LogP contribution is -2.46. The van der Waals surface area contributed by atoms with Crippen molar-refractivity contribution in [2.24, 2.45) is 35.0 Å². The van der Waals surface area contributed by atoms with Crippen molar-refractivity contribution >= 4 is 23.0 Å². The van der Waals surface area contributed by atoms with Gasteiger partial charge in [0.05, 0.1) is 0 Å². The number of rotatable bonds is 8. The Bertz CT molecular complexity index is 607. The molecule has 168 valence electrons. The molecule has 6 fully saturated rings. The fraction of sp³-hybridized carbons (Fsp3) is 0.926. The van der Waals surface area contributed by atoms with Gasteiger partial charge in [-0.05, 0) is 117 Å². The summed E-state index contributed by atoms with van der Waals surface area (Å²) in [4.78, 5) is 16.2. The van der Waals surface area contributed by atoms with Gasteiger partial charge in [-0.15, -0.1) is 0 Å². The summed E-state index contributed by atoms with van der Waals surface area (Å²) in [6, 6.07) is 0. The first-order valence-corrected chi connectivity index (χ1v) is 13.8. The highest BCUT2D eigenvalue weighted by Gasteiger charge is 2.50. The van der Waals surface area contributed by atoms with Crippen LogP contribution in [0.3, 0.4) is 0 Å². The van der Waals surface area contributed by atoms with Gasteiger partial charge in [-0.25, -0.2) is 0 Å². The molecule has 4 bridgehead atoms. The smallest absolute Gasteiger partial charge is 0.222 e. The molecule has 6 rings (SSSR count). The fourth-order valence-corrected chi connectivity index (χ4v) is 9.22. The standard InChI is InChI=1S/C27H43NOS/c29-26(28-11-10-23-6-4-5-7-24(23)19-28)9-3-1-2-8-25(30)18-27-15-20-12-21(16-27)14-22(13-20)17-27/h20-24H,1-19H2.